The predicted molar refractivity (Wildman–Crippen MR) is 190 cm³/mol. The van der Waals surface area contributed by atoms with E-state index in [2.05, 4.69) is 0 Å². The van der Waals surface area contributed by atoms with Gasteiger partial charge in [-0.15, -0.1) is 0 Å². The van der Waals surface area contributed by atoms with Crippen LogP contribution in [0.15, 0.2) is 115 Å². The molecule has 7 N–H and O–H groups in total. The molecule has 0 spiro atoms. The number of fused-ring (bicyclic) bond motifs is 2. The second-order valence-electron chi connectivity index (χ2n) is 12.8. The zero-order valence-corrected chi connectivity index (χ0v) is 26.9. The number of phenols is 7. The fraction of sp³-hybridized carbons (Fsp3) is 0.0952. The molecule has 9 nitrogen and oxygen atoms in total. The van der Waals surface area contributed by atoms with Crippen molar-refractivity contribution in [3.63, 3.8) is 0 Å². The van der Waals surface area contributed by atoms with Crippen molar-refractivity contribution in [2.45, 2.75) is 24.0 Å². The van der Waals surface area contributed by atoms with Gasteiger partial charge in [0.25, 0.3) is 0 Å². The van der Waals surface area contributed by atoms with Crippen molar-refractivity contribution in [2.75, 3.05) is 0 Å². The van der Waals surface area contributed by atoms with E-state index in [9.17, 15) is 35.7 Å². The molecule has 0 aliphatic carbocycles. The monoisotopic (exact) mass is 680 g/mol. The zero-order valence-electron chi connectivity index (χ0n) is 26.9. The molecule has 2 aliphatic rings. The highest BCUT2D eigenvalue weighted by Gasteiger charge is 2.45. The topological polar surface area (TPSA) is 160 Å². The van der Waals surface area contributed by atoms with Gasteiger partial charge in [-0.3, -0.25) is 0 Å². The van der Waals surface area contributed by atoms with E-state index >= 15 is 0 Å². The SMILES string of the molecule is Oc1ccc(C=Cc2c3c(cc4c2C(c2cc(O)cc(O)c2)C(c2ccc(O)cc2)O4)OC(c2ccc(O)cc2)C3c2cc(O)cc(O)c2)cc1. The Morgan fingerprint density at radius 2 is 0.745 bits per heavy atom. The van der Waals surface area contributed by atoms with E-state index in [0.717, 1.165) is 27.8 Å². The van der Waals surface area contributed by atoms with Crippen molar-refractivity contribution >= 4 is 12.2 Å². The van der Waals surface area contributed by atoms with Gasteiger partial charge in [0.2, 0.25) is 0 Å². The van der Waals surface area contributed by atoms with Gasteiger partial charge in [-0.05, 0) is 94.0 Å². The molecule has 254 valence electrons. The van der Waals surface area contributed by atoms with Crippen LogP contribution in [0.5, 0.6) is 51.7 Å². The Labute approximate surface area is 292 Å². The number of benzene rings is 6. The first-order chi connectivity index (χ1) is 24.6. The molecule has 2 aliphatic heterocycles. The van der Waals surface area contributed by atoms with Crippen LogP contribution in [0.25, 0.3) is 12.2 Å². The highest BCUT2D eigenvalue weighted by molar-refractivity contribution is 5.80. The van der Waals surface area contributed by atoms with Gasteiger partial charge in [-0.2, -0.15) is 0 Å². The highest BCUT2D eigenvalue weighted by Crippen LogP contribution is 2.60. The van der Waals surface area contributed by atoms with E-state index in [-0.39, 0.29) is 40.2 Å². The Hall–Kier alpha value is -6.74. The number of rotatable bonds is 6. The molecule has 4 atom stereocenters. The highest BCUT2D eigenvalue weighted by atomic mass is 16.5. The Morgan fingerprint density at radius 1 is 0.373 bits per heavy atom. The van der Waals surface area contributed by atoms with Crippen LogP contribution < -0.4 is 9.47 Å². The quantitative estimate of drug-likeness (QED) is 0.0858. The maximum Gasteiger partial charge on any atom is 0.135 e. The normalized spacial score (nSPS) is 19.0. The van der Waals surface area contributed by atoms with Gasteiger partial charge in [0.05, 0.1) is 11.8 Å². The molecule has 0 aromatic heterocycles. The standard InChI is InChI=1S/C42H32O9/c43-27-8-1-22(2-9-27)3-14-34-39-35(50-41(23-4-10-28(44)11-5-23)37(39)25-15-30(46)19-31(47)16-25)21-36-40(34)38(26-17-32(48)20-33(49)18-26)42(51-36)24-6-12-29(45)13-7-24/h1-21,37-38,41-49H. The van der Waals surface area contributed by atoms with Crippen LogP contribution in [0.2, 0.25) is 0 Å². The minimum absolute atomic E-state index is 0.0863. The molecule has 0 radical (unpaired) electrons. The first-order valence-electron chi connectivity index (χ1n) is 16.3. The van der Waals surface area contributed by atoms with Gasteiger partial charge in [0, 0.05) is 29.3 Å². The van der Waals surface area contributed by atoms with Crippen molar-refractivity contribution in [1.82, 2.24) is 0 Å². The summed E-state index contributed by atoms with van der Waals surface area (Å²) in [7, 11) is 0. The Kier molecular flexibility index (Phi) is 7.60. The number of hydrogen-bond donors (Lipinski definition) is 7. The molecule has 0 saturated carbocycles. The van der Waals surface area contributed by atoms with Gasteiger partial charge < -0.3 is 45.2 Å². The average molecular weight is 681 g/mol. The molecule has 6 aromatic carbocycles. The summed E-state index contributed by atoms with van der Waals surface area (Å²) in [4.78, 5) is 0. The summed E-state index contributed by atoms with van der Waals surface area (Å²) in [5, 5.41) is 72.8. The fourth-order valence-corrected chi connectivity index (χ4v) is 7.31. The van der Waals surface area contributed by atoms with Crippen LogP contribution >= 0.6 is 0 Å². The smallest absolute Gasteiger partial charge is 0.135 e. The third kappa shape index (κ3) is 5.84. The van der Waals surface area contributed by atoms with E-state index in [0.29, 0.717) is 28.2 Å². The van der Waals surface area contributed by atoms with Gasteiger partial charge in [0.1, 0.15) is 64.0 Å². The van der Waals surface area contributed by atoms with Crippen LogP contribution in [0.1, 0.15) is 68.6 Å². The van der Waals surface area contributed by atoms with Crippen molar-refractivity contribution in [3.8, 4) is 51.7 Å². The van der Waals surface area contributed by atoms with Crippen molar-refractivity contribution in [1.29, 1.82) is 0 Å². The van der Waals surface area contributed by atoms with Gasteiger partial charge >= 0.3 is 0 Å². The van der Waals surface area contributed by atoms with Gasteiger partial charge in [0.15, 0.2) is 0 Å². The largest absolute Gasteiger partial charge is 0.508 e. The Bertz CT molecular complexity index is 2120. The molecule has 0 saturated heterocycles. The van der Waals surface area contributed by atoms with Crippen LogP contribution in [0.4, 0.5) is 0 Å². The van der Waals surface area contributed by atoms with E-state index in [4.69, 9.17) is 9.47 Å². The second kappa shape index (κ2) is 12.3. The summed E-state index contributed by atoms with van der Waals surface area (Å²) in [6.07, 6.45) is 2.52. The first-order valence-corrected chi connectivity index (χ1v) is 16.3. The van der Waals surface area contributed by atoms with Crippen LogP contribution in [-0.2, 0) is 0 Å². The molecule has 51 heavy (non-hydrogen) atoms. The lowest BCUT2D eigenvalue weighted by atomic mass is 9.77. The lowest BCUT2D eigenvalue weighted by Crippen LogP contribution is -2.14. The first kappa shape index (κ1) is 31.5. The lowest BCUT2D eigenvalue weighted by molar-refractivity contribution is 0.212. The summed E-state index contributed by atoms with van der Waals surface area (Å²) in [6, 6.07) is 30.7. The van der Waals surface area contributed by atoms with Crippen molar-refractivity contribution in [3.05, 3.63) is 160 Å². The second-order valence-corrected chi connectivity index (χ2v) is 12.8. The van der Waals surface area contributed by atoms with Gasteiger partial charge in [-0.25, -0.2) is 0 Å². The minimum atomic E-state index is -0.652. The molecule has 6 aromatic rings. The van der Waals surface area contributed by atoms with Crippen molar-refractivity contribution < 1.29 is 45.2 Å². The summed E-state index contributed by atoms with van der Waals surface area (Å²) in [5.74, 6) is -0.409. The maximum atomic E-state index is 10.7. The van der Waals surface area contributed by atoms with E-state index < -0.39 is 24.0 Å². The van der Waals surface area contributed by atoms with E-state index in [1.807, 2.05) is 18.2 Å². The fourth-order valence-electron chi connectivity index (χ4n) is 7.31. The molecular weight excluding hydrogens is 648 g/mol. The molecule has 9 heteroatoms. The number of phenolic OH excluding ortho intramolecular Hbond substituents is 7. The maximum absolute atomic E-state index is 10.7. The third-order valence-corrected chi connectivity index (χ3v) is 9.46. The lowest BCUT2D eigenvalue weighted by Gasteiger charge is -2.24. The number of ether oxygens (including phenoxy) is 2. The molecule has 0 fully saturated rings. The molecule has 2 heterocycles. The molecule has 0 bridgehead atoms. The van der Waals surface area contributed by atoms with Crippen molar-refractivity contribution in [2.24, 2.45) is 0 Å². The zero-order chi connectivity index (χ0) is 35.4. The predicted octanol–water partition coefficient (Wildman–Crippen LogP) is 8.33. The summed E-state index contributed by atoms with van der Waals surface area (Å²) < 4.78 is 13.5. The molecular formula is C42H32O9. The van der Waals surface area contributed by atoms with Gasteiger partial charge in [-0.1, -0.05) is 48.6 Å². The number of aromatic hydroxyl groups is 7. The number of hydrogen-bond acceptors (Lipinski definition) is 9. The summed E-state index contributed by atoms with van der Waals surface area (Å²) >= 11 is 0. The molecule has 8 rings (SSSR count). The molecule has 0 amide bonds. The summed E-state index contributed by atoms with van der Waals surface area (Å²) in [6.45, 7) is 0. The minimum Gasteiger partial charge on any atom is -0.508 e. The Morgan fingerprint density at radius 3 is 1.14 bits per heavy atom. The summed E-state index contributed by atoms with van der Waals surface area (Å²) in [5.41, 5.74) is 5.59. The van der Waals surface area contributed by atoms with E-state index in [1.165, 1.54) is 12.1 Å². The average Bonchev–Trinajstić information content (AvgIpc) is 3.66. The van der Waals surface area contributed by atoms with Crippen LogP contribution in [0.3, 0.4) is 0 Å². The van der Waals surface area contributed by atoms with E-state index in [1.54, 1.807) is 97.1 Å². The molecule has 4 unspecified atom stereocenters. The van der Waals surface area contributed by atoms with Crippen LogP contribution in [0, 0.1) is 0 Å². The Balaban J connectivity index is 1.42. The third-order valence-electron chi connectivity index (χ3n) is 9.46. The van der Waals surface area contributed by atoms with Crippen LogP contribution in [-0.4, -0.2) is 35.7 Å².